The third-order valence-corrected chi connectivity index (χ3v) is 5.82. The molecule has 2 fully saturated rings. The summed E-state index contributed by atoms with van der Waals surface area (Å²) in [5, 5.41) is 3.20. The molecule has 5 heteroatoms. The first kappa shape index (κ1) is 19.7. The number of likely N-dealkylation sites (tertiary alicyclic amines) is 1. The fourth-order valence-electron chi connectivity index (χ4n) is 4.01. The monoisotopic (exact) mass is 372 g/mol. The van der Waals surface area contributed by atoms with Gasteiger partial charge in [0.1, 0.15) is 5.60 Å². The van der Waals surface area contributed by atoms with Crippen LogP contribution in [0.1, 0.15) is 58.4 Å². The lowest BCUT2D eigenvalue weighted by Crippen LogP contribution is -2.49. The Kier molecular flexibility index (Phi) is 5.78. The van der Waals surface area contributed by atoms with E-state index in [1.807, 2.05) is 26.8 Å². The molecule has 1 saturated carbocycles. The van der Waals surface area contributed by atoms with Gasteiger partial charge in [-0.2, -0.15) is 0 Å². The van der Waals surface area contributed by atoms with Crippen LogP contribution in [-0.4, -0.2) is 42.1 Å². The molecule has 27 heavy (non-hydrogen) atoms. The molecule has 0 unspecified atom stereocenters. The molecule has 0 spiro atoms. The molecule has 1 aromatic rings. The van der Waals surface area contributed by atoms with Crippen LogP contribution < -0.4 is 5.32 Å². The number of carbonyl (C=O) groups is 2. The van der Waals surface area contributed by atoms with Crippen molar-refractivity contribution in [1.29, 1.82) is 0 Å². The predicted octanol–water partition coefficient (Wildman–Crippen LogP) is 3.87. The van der Waals surface area contributed by atoms with Crippen molar-refractivity contribution in [3.63, 3.8) is 0 Å². The molecule has 0 bridgehead atoms. The lowest BCUT2D eigenvalue weighted by Gasteiger charge is -2.43. The number of hydrogen-bond acceptors (Lipinski definition) is 3. The molecule has 2 amide bonds. The molecule has 1 aromatic carbocycles. The Balaban J connectivity index is 1.48. The van der Waals surface area contributed by atoms with Gasteiger partial charge in [0.05, 0.1) is 0 Å². The molecule has 1 aliphatic carbocycles. The van der Waals surface area contributed by atoms with Gasteiger partial charge in [0.2, 0.25) is 5.91 Å². The molecule has 0 atom stereocenters. The summed E-state index contributed by atoms with van der Waals surface area (Å²) in [6.45, 7) is 7.48. The number of benzene rings is 1. The van der Waals surface area contributed by atoms with Gasteiger partial charge in [-0.3, -0.25) is 4.79 Å². The van der Waals surface area contributed by atoms with Crippen LogP contribution in [0.2, 0.25) is 0 Å². The van der Waals surface area contributed by atoms with Gasteiger partial charge in [0.25, 0.3) is 0 Å². The number of piperidine rings is 1. The highest BCUT2D eigenvalue weighted by molar-refractivity contribution is 5.79. The van der Waals surface area contributed by atoms with E-state index in [-0.39, 0.29) is 23.3 Å². The second-order valence-corrected chi connectivity index (χ2v) is 8.96. The van der Waals surface area contributed by atoms with Crippen molar-refractivity contribution in [2.24, 2.45) is 5.92 Å². The van der Waals surface area contributed by atoms with Crippen LogP contribution in [0.15, 0.2) is 30.3 Å². The Labute approximate surface area is 162 Å². The van der Waals surface area contributed by atoms with E-state index < -0.39 is 5.60 Å². The maximum Gasteiger partial charge on any atom is 0.410 e. The summed E-state index contributed by atoms with van der Waals surface area (Å²) in [6, 6.07) is 10.5. The van der Waals surface area contributed by atoms with Gasteiger partial charge in [-0.15, -0.1) is 0 Å². The van der Waals surface area contributed by atoms with Crippen molar-refractivity contribution >= 4 is 12.0 Å². The fraction of sp³-hybridized carbons (Fsp3) is 0.636. The molecule has 1 N–H and O–H groups in total. The SMILES string of the molecule is CC(C)(C)OC(=O)N1CCC(C(=O)NCC2(c3ccccc3)CCC2)CC1. The lowest BCUT2D eigenvalue weighted by atomic mass is 9.64. The van der Waals surface area contributed by atoms with Crippen LogP contribution >= 0.6 is 0 Å². The van der Waals surface area contributed by atoms with Crippen LogP contribution in [0.3, 0.4) is 0 Å². The largest absolute Gasteiger partial charge is 0.444 e. The highest BCUT2D eigenvalue weighted by atomic mass is 16.6. The summed E-state index contributed by atoms with van der Waals surface area (Å²) in [5.74, 6) is 0.109. The van der Waals surface area contributed by atoms with Crippen molar-refractivity contribution in [1.82, 2.24) is 10.2 Å². The molecular weight excluding hydrogens is 340 g/mol. The van der Waals surface area contributed by atoms with Crippen molar-refractivity contribution in [3.8, 4) is 0 Å². The molecule has 2 aliphatic rings. The van der Waals surface area contributed by atoms with Gasteiger partial charge < -0.3 is 15.0 Å². The molecule has 5 nitrogen and oxygen atoms in total. The average Bonchev–Trinajstić information content (AvgIpc) is 2.60. The zero-order valence-corrected chi connectivity index (χ0v) is 16.8. The number of rotatable bonds is 4. The number of hydrogen-bond donors (Lipinski definition) is 1. The van der Waals surface area contributed by atoms with Crippen molar-refractivity contribution in [2.45, 2.75) is 63.9 Å². The zero-order valence-electron chi connectivity index (χ0n) is 16.8. The minimum absolute atomic E-state index is 0.0170. The summed E-state index contributed by atoms with van der Waals surface area (Å²) >= 11 is 0. The van der Waals surface area contributed by atoms with Gasteiger partial charge in [-0.05, 0) is 52.0 Å². The minimum atomic E-state index is -0.486. The van der Waals surface area contributed by atoms with Crippen molar-refractivity contribution < 1.29 is 14.3 Å². The van der Waals surface area contributed by atoms with E-state index in [1.54, 1.807) is 4.90 Å². The molecule has 148 valence electrons. The van der Waals surface area contributed by atoms with Crippen molar-refractivity contribution in [2.75, 3.05) is 19.6 Å². The van der Waals surface area contributed by atoms with Gasteiger partial charge in [0.15, 0.2) is 0 Å². The third-order valence-electron chi connectivity index (χ3n) is 5.82. The Hall–Kier alpha value is -2.04. The van der Waals surface area contributed by atoms with Gasteiger partial charge in [-0.1, -0.05) is 36.8 Å². The molecular formula is C22H32N2O3. The summed E-state index contributed by atoms with van der Waals surface area (Å²) in [6.07, 6.45) is 4.60. The van der Waals surface area contributed by atoms with Gasteiger partial charge in [-0.25, -0.2) is 4.79 Å². The molecule has 0 aromatic heterocycles. The van der Waals surface area contributed by atoms with E-state index in [0.29, 0.717) is 32.5 Å². The molecule has 0 radical (unpaired) electrons. The normalized spacial score (nSPS) is 19.9. The summed E-state index contributed by atoms with van der Waals surface area (Å²) < 4.78 is 5.42. The van der Waals surface area contributed by atoms with Gasteiger partial charge >= 0.3 is 6.09 Å². The number of carbonyl (C=O) groups excluding carboxylic acids is 2. The van der Waals surface area contributed by atoms with Crippen LogP contribution in [0.5, 0.6) is 0 Å². The van der Waals surface area contributed by atoms with Crippen LogP contribution in [0, 0.1) is 5.92 Å². The predicted molar refractivity (Wildman–Crippen MR) is 106 cm³/mol. The maximum absolute atomic E-state index is 12.7. The van der Waals surface area contributed by atoms with E-state index in [2.05, 4.69) is 29.6 Å². The second kappa shape index (κ2) is 7.91. The number of amides is 2. The number of ether oxygens (including phenoxy) is 1. The first-order valence-electron chi connectivity index (χ1n) is 10.1. The quantitative estimate of drug-likeness (QED) is 0.873. The summed E-state index contributed by atoms with van der Waals surface area (Å²) in [5.41, 5.74) is 0.949. The lowest BCUT2D eigenvalue weighted by molar-refractivity contribution is -0.127. The Morgan fingerprint density at radius 3 is 2.30 bits per heavy atom. The average molecular weight is 373 g/mol. The fourth-order valence-corrected chi connectivity index (χ4v) is 4.01. The molecule has 1 aliphatic heterocycles. The standard InChI is InChI=1S/C22H32N2O3/c1-21(2,3)27-20(26)24-14-10-17(11-15-24)19(25)23-16-22(12-7-13-22)18-8-5-4-6-9-18/h4-6,8-9,17H,7,10-16H2,1-3H3,(H,23,25). The maximum atomic E-state index is 12.7. The Bertz CT molecular complexity index is 654. The topological polar surface area (TPSA) is 58.6 Å². The summed E-state index contributed by atoms with van der Waals surface area (Å²) in [7, 11) is 0. The molecule has 1 heterocycles. The van der Waals surface area contributed by atoms with Crippen LogP contribution in [0.25, 0.3) is 0 Å². The van der Waals surface area contributed by atoms with Crippen LogP contribution in [-0.2, 0) is 14.9 Å². The summed E-state index contributed by atoms with van der Waals surface area (Å²) in [4.78, 5) is 26.5. The van der Waals surface area contributed by atoms with E-state index in [4.69, 9.17) is 4.74 Å². The number of nitrogens with zero attached hydrogens (tertiary/aromatic N) is 1. The van der Waals surface area contributed by atoms with E-state index in [9.17, 15) is 9.59 Å². The van der Waals surface area contributed by atoms with E-state index >= 15 is 0 Å². The van der Waals surface area contributed by atoms with E-state index in [1.165, 1.54) is 12.0 Å². The Morgan fingerprint density at radius 1 is 1.15 bits per heavy atom. The Morgan fingerprint density at radius 2 is 1.78 bits per heavy atom. The van der Waals surface area contributed by atoms with E-state index in [0.717, 1.165) is 12.8 Å². The smallest absolute Gasteiger partial charge is 0.410 e. The van der Waals surface area contributed by atoms with Crippen molar-refractivity contribution in [3.05, 3.63) is 35.9 Å². The highest BCUT2D eigenvalue weighted by Gasteiger charge is 2.39. The van der Waals surface area contributed by atoms with Gasteiger partial charge in [0, 0.05) is 31.0 Å². The second-order valence-electron chi connectivity index (χ2n) is 8.96. The minimum Gasteiger partial charge on any atom is -0.444 e. The third kappa shape index (κ3) is 4.82. The highest BCUT2D eigenvalue weighted by Crippen LogP contribution is 2.43. The number of nitrogens with one attached hydrogen (secondary N) is 1. The molecule has 3 rings (SSSR count). The molecule has 1 saturated heterocycles. The van der Waals surface area contributed by atoms with Crippen LogP contribution in [0.4, 0.5) is 4.79 Å². The first-order valence-corrected chi connectivity index (χ1v) is 10.1. The zero-order chi connectivity index (χ0) is 19.5. The first-order chi connectivity index (χ1) is 12.8.